The Bertz CT molecular complexity index is 401. The topological polar surface area (TPSA) is 66.8 Å². The fraction of sp³-hybridized carbons (Fsp3) is 0.867. The van der Waals surface area contributed by atoms with E-state index in [1.165, 1.54) is 0 Å². The summed E-state index contributed by atoms with van der Waals surface area (Å²) in [6, 6.07) is 0. The summed E-state index contributed by atoms with van der Waals surface area (Å²) in [5, 5.41) is 9.26. The minimum atomic E-state index is -0.736. The average Bonchev–Trinajstić information content (AvgIpc) is 2.70. The molecular formula is C15H25NO4. The van der Waals surface area contributed by atoms with E-state index in [0.29, 0.717) is 13.0 Å². The van der Waals surface area contributed by atoms with E-state index in [0.717, 1.165) is 32.1 Å². The van der Waals surface area contributed by atoms with Crippen molar-refractivity contribution >= 4 is 12.1 Å². The van der Waals surface area contributed by atoms with E-state index in [1.54, 1.807) is 4.90 Å². The summed E-state index contributed by atoms with van der Waals surface area (Å²) < 4.78 is 5.48. The molecule has 0 aromatic carbocycles. The van der Waals surface area contributed by atoms with Crippen LogP contribution < -0.4 is 0 Å². The summed E-state index contributed by atoms with van der Waals surface area (Å²) in [7, 11) is 0. The molecule has 1 saturated heterocycles. The molecule has 1 spiro atoms. The van der Waals surface area contributed by atoms with Crippen LogP contribution in [-0.2, 0) is 9.53 Å². The zero-order chi connectivity index (χ0) is 15.0. The largest absolute Gasteiger partial charge is 0.481 e. The summed E-state index contributed by atoms with van der Waals surface area (Å²) in [5.41, 5.74) is -0.800. The van der Waals surface area contributed by atoms with Gasteiger partial charge in [-0.3, -0.25) is 4.79 Å². The van der Waals surface area contributed by atoms with Gasteiger partial charge in [0.15, 0.2) is 0 Å². The van der Waals surface area contributed by atoms with E-state index in [4.69, 9.17) is 4.74 Å². The lowest BCUT2D eigenvalue weighted by molar-refractivity contribution is -0.144. The number of hydrogen-bond donors (Lipinski definition) is 1. The predicted octanol–water partition coefficient (Wildman–Crippen LogP) is 3.03. The van der Waals surface area contributed by atoms with E-state index in [-0.39, 0.29) is 17.6 Å². The molecule has 0 bridgehead atoms. The Morgan fingerprint density at radius 3 is 2.50 bits per heavy atom. The molecule has 5 nitrogen and oxygen atoms in total. The quantitative estimate of drug-likeness (QED) is 0.803. The van der Waals surface area contributed by atoms with Gasteiger partial charge in [-0.15, -0.1) is 0 Å². The van der Waals surface area contributed by atoms with Crippen molar-refractivity contribution in [3.05, 3.63) is 0 Å². The van der Waals surface area contributed by atoms with Gasteiger partial charge in [0, 0.05) is 12.1 Å². The molecule has 2 rings (SSSR count). The molecule has 2 fully saturated rings. The zero-order valence-corrected chi connectivity index (χ0v) is 12.6. The number of nitrogens with zero attached hydrogens (tertiary/aromatic N) is 1. The van der Waals surface area contributed by atoms with Gasteiger partial charge in [0.25, 0.3) is 0 Å². The van der Waals surface area contributed by atoms with Crippen LogP contribution in [-0.4, -0.2) is 39.8 Å². The van der Waals surface area contributed by atoms with Gasteiger partial charge < -0.3 is 14.7 Å². The normalized spacial score (nSPS) is 30.6. The van der Waals surface area contributed by atoms with Gasteiger partial charge in [0.05, 0.1) is 5.92 Å². The van der Waals surface area contributed by atoms with Crippen molar-refractivity contribution < 1.29 is 19.4 Å². The molecule has 1 amide bonds. The van der Waals surface area contributed by atoms with Crippen molar-refractivity contribution in [3.8, 4) is 0 Å². The Morgan fingerprint density at radius 1 is 1.25 bits per heavy atom. The number of hydrogen-bond acceptors (Lipinski definition) is 3. The minimum absolute atomic E-state index is 0.288. The number of ether oxygens (including phenoxy) is 1. The molecule has 1 heterocycles. The molecule has 2 atom stereocenters. The van der Waals surface area contributed by atoms with Crippen LogP contribution in [0.5, 0.6) is 0 Å². The van der Waals surface area contributed by atoms with Gasteiger partial charge in [-0.05, 0) is 52.9 Å². The molecule has 1 aliphatic carbocycles. The third-order valence-electron chi connectivity index (χ3n) is 4.38. The second-order valence-electron chi connectivity index (χ2n) is 7.09. The number of amides is 1. The van der Waals surface area contributed by atoms with E-state index >= 15 is 0 Å². The van der Waals surface area contributed by atoms with Crippen molar-refractivity contribution in [1.29, 1.82) is 0 Å². The van der Waals surface area contributed by atoms with E-state index in [1.807, 2.05) is 20.8 Å². The highest BCUT2D eigenvalue weighted by molar-refractivity contribution is 5.72. The molecule has 114 valence electrons. The summed E-state index contributed by atoms with van der Waals surface area (Å²) in [6.45, 7) is 6.25. The molecule has 0 aromatic rings. The number of carboxylic acids is 1. The Kier molecular flexibility index (Phi) is 3.98. The highest BCUT2D eigenvalue weighted by atomic mass is 16.6. The van der Waals surface area contributed by atoms with Gasteiger partial charge in [-0.1, -0.05) is 6.42 Å². The van der Waals surface area contributed by atoms with Gasteiger partial charge in [0.2, 0.25) is 0 Å². The monoisotopic (exact) mass is 283 g/mol. The summed E-state index contributed by atoms with van der Waals surface area (Å²) in [6.07, 6.45) is 4.61. The van der Waals surface area contributed by atoms with Crippen LogP contribution in [0.1, 0.15) is 59.3 Å². The summed E-state index contributed by atoms with van der Waals surface area (Å²) >= 11 is 0. The molecular weight excluding hydrogens is 258 g/mol. The third-order valence-corrected chi connectivity index (χ3v) is 4.38. The lowest BCUT2D eigenvalue weighted by atomic mass is 9.74. The first-order chi connectivity index (χ1) is 9.23. The average molecular weight is 283 g/mol. The number of carboxylic acid groups (broad SMARTS) is 1. The van der Waals surface area contributed by atoms with E-state index < -0.39 is 11.6 Å². The molecule has 2 aliphatic rings. The summed E-state index contributed by atoms with van der Waals surface area (Å²) in [5.74, 6) is -1.06. The fourth-order valence-corrected chi connectivity index (χ4v) is 3.56. The molecule has 20 heavy (non-hydrogen) atoms. The van der Waals surface area contributed by atoms with Crippen LogP contribution >= 0.6 is 0 Å². The van der Waals surface area contributed by atoms with Crippen molar-refractivity contribution in [2.45, 2.75) is 70.4 Å². The Hall–Kier alpha value is -1.26. The Morgan fingerprint density at radius 2 is 1.90 bits per heavy atom. The number of aliphatic carboxylic acids is 1. The van der Waals surface area contributed by atoms with Gasteiger partial charge in [-0.2, -0.15) is 0 Å². The first-order valence-corrected chi connectivity index (χ1v) is 7.47. The maximum Gasteiger partial charge on any atom is 0.410 e. The second-order valence-corrected chi connectivity index (χ2v) is 7.09. The van der Waals surface area contributed by atoms with Crippen LogP contribution in [0.2, 0.25) is 0 Å². The summed E-state index contributed by atoms with van der Waals surface area (Å²) in [4.78, 5) is 25.4. The minimum Gasteiger partial charge on any atom is -0.481 e. The van der Waals surface area contributed by atoms with Gasteiger partial charge in [0.1, 0.15) is 5.60 Å². The Balaban J connectivity index is 2.13. The predicted molar refractivity (Wildman–Crippen MR) is 74.5 cm³/mol. The van der Waals surface area contributed by atoms with Crippen LogP contribution in [0, 0.1) is 5.92 Å². The van der Waals surface area contributed by atoms with E-state index in [9.17, 15) is 14.7 Å². The van der Waals surface area contributed by atoms with Crippen LogP contribution in [0.3, 0.4) is 0 Å². The number of likely N-dealkylation sites (tertiary alicyclic amines) is 1. The first kappa shape index (κ1) is 15.1. The molecule has 5 heteroatoms. The van der Waals surface area contributed by atoms with Crippen molar-refractivity contribution in [2.75, 3.05) is 6.54 Å². The van der Waals surface area contributed by atoms with Crippen molar-refractivity contribution in [2.24, 2.45) is 5.92 Å². The van der Waals surface area contributed by atoms with Gasteiger partial charge in [-0.25, -0.2) is 4.79 Å². The lowest BCUT2D eigenvalue weighted by Crippen LogP contribution is -2.52. The number of carbonyl (C=O) groups is 2. The first-order valence-electron chi connectivity index (χ1n) is 7.47. The lowest BCUT2D eigenvalue weighted by Gasteiger charge is -2.43. The van der Waals surface area contributed by atoms with Gasteiger partial charge >= 0.3 is 12.1 Å². The molecule has 2 unspecified atom stereocenters. The fourth-order valence-electron chi connectivity index (χ4n) is 3.56. The Labute approximate surface area is 120 Å². The highest BCUT2D eigenvalue weighted by Crippen LogP contribution is 2.44. The van der Waals surface area contributed by atoms with Crippen LogP contribution in [0.25, 0.3) is 0 Å². The second kappa shape index (κ2) is 5.26. The van der Waals surface area contributed by atoms with Crippen molar-refractivity contribution in [1.82, 2.24) is 4.90 Å². The third kappa shape index (κ3) is 3.07. The SMILES string of the molecule is CC(C)(C)OC(=O)N1CCCC12CCCC(C(=O)O)C2. The number of carbonyl (C=O) groups excluding carboxylic acids is 1. The van der Waals surface area contributed by atoms with E-state index in [2.05, 4.69) is 0 Å². The molecule has 0 radical (unpaired) electrons. The number of rotatable bonds is 1. The van der Waals surface area contributed by atoms with Crippen LogP contribution in [0.4, 0.5) is 4.79 Å². The maximum atomic E-state index is 12.4. The molecule has 1 aliphatic heterocycles. The standard InChI is InChI=1S/C15H25NO4/c1-14(2,3)20-13(19)16-9-5-8-15(16)7-4-6-11(10-15)12(17)18/h11H,4-10H2,1-3H3,(H,17,18). The smallest absolute Gasteiger partial charge is 0.410 e. The highest BCUT2D eigenvalue weighted by Gasteiger charge is 2.48. The molecule has 0 aromatic heterocycles. The van der Waals surface area contributed by atoms with Crippen LogP contribution in [0.15, 0.2) is 0 Å². The zero-order valence-electron chi connectivity index (χ0n) is 12.6. The molecule has 1 saturated carbocycles. The van der Waals surface area contributed by atoms with Crippen molar-refractivity contribution in [3.63, 3.8) is 0 Å². The maximum absolute atomic E-state index is 12.4. The molecule has 1 N–H and O–H groups in total.